The lowest BCUT2D eigenvalue weighted by Gasteiger charge is -2.20. The van der Waals surface area contributed by atoms with E-state index in [2.05, 4.69) is 10.6 Å². The molecular formula is C17H27N3O4. The summed E-state index contributed by atoms with van der Waals surface area (Å²) in [5.74, 6) is 0.849. The summed E-state index contributed by atoms with van der Waals surface area (Å²) in [4.78, 5) is 25.8. The number of nitrogens with zero attached hydrogens (tertiary/aromatic N) is 1. The summed E-state index contributed by atoms with van der Waals surface area (Å²) in [6.07, 6.45) is 0. The monoisotopic (exact) mass is 337 g/mol. The van der Waals surface area contributed by atoms with Crippen LogP contribution in [0.5, 0.6) is 11.5 Å². The molecule has 24 heavy (non-hydrogen) atoms. The highest BCUT2D eigenvalue weighted by Crippen LogP contribution is 2.29. The maximum atomic E-state index is 12.2. The number of hydrogen-bond donors (Lipinski definition) is 2. The number of benzene rings is 1. The van der Waals surface area contributed by atoms with Gasteiger partial charge in [-0.25, -0.2) is 0 Å². The number of rotatable bonds is 9. The molecule has 2 N–H and O–H groups in total. The Morgan fingerprint density at radius 2 is 1.71 bits per heavy atom. The third kappa shape index (κ3) is 6.45. The van der Waals surface area contributed by atoms with Gasteiger partial charge >= 0.3 is 0 Å². The summed E-state index contributed by atoms with van der Waals surface area (Å²) >= 11 is 0. The fraction of sp³-hybridized carbons (Fsp3) is 0.529. The van der Waals surface area contributed by atoms with E-state index < -0.39 is 0 Å². The van der Waals surface area contributed by atoms with Crippen molar-refractivity contribution in [1.29, 1.82) is 0 Å². The third-order valence-corrected chi connectivity index (χ3v) is 3.30. The number of likely N-dealkylation sites (N-methyl/N-ethyl adjacent to an activating group) is 1. The smallest absolute Gasteiger partial charge is 0.238 e. The Balaban J connectivity index is 2.62. The minimum Gasteiger partial charge on any atom is -0.493 e. The number of nitrogens with one attached hydrogen (secondary N) is 2. The summed E-state index contributed by atoms with van der Waals surface area (Å²) in [7, 11) is 3.09. The van der Waals surface area contributed by atoms with Crippen molar-refractivity contribution in [1.82, 2.24) is 10.2 Å². The van der Waals surface area contributed by atoms with Crippen LogP contribution in [0.3, 0.4) is 0 Å². The lowest BCUT2D eigenvalue weighted by Crippen LogP contribution is -2.42. The average molecular weight is 337 g/mol. The quantitative estimate of drug-likeness (QED) is 0.714. The highest BCUT2D eigenvalue weighted by atomic mass is 16.5. The minimum atomic E-state index is -0.193. The highest BCUT2D eigenvalue weighted by molar-refractivity contribution is 5.93. The molecule has 0 atom stereocenters. The lowest BCUT2D eigenvalue weighted by atomic mass is 10.2. The van der Waals surface area contributed by atoms with Crippen LogP contribution in [0.15, 0.2) is 18.2 Å². The fourth-order valence-electron chi connectivity index (χ4n) is 2.17. The number of anilines is 1. The first-order chi connectivity index (χ1) is 11.4. The van der Waals surface area contributed by atoms with E-state index in [4.69, 9.17) is 9.47 Å². The van der Waals surface area contributed by atoms with Crippen molar-refractivity contribution in [2.24, 2.45) is 0 Å². The summed E-state index contributed by atoms with van der Waals surface area (Å²) in [5, 5.41) is 5.61. The van der Waals surface area contributed by atoms with Gasteiger partial charge in [-0.15, -0.1) is 0 Å². The van der Waals surface area contributed by atoms with E-state index in [1.54, 1.807) is 30.2 Å². The molecule has 0 heterocycles. The fourth-order valence-corrected chi connectivity index (χ4v) is 2.17. The molecule has 0 unspecified atom stereocenters. The first-order valence-corrected chi connectivity index (χ1v) is 7.93. The number of amides is 2. The van der Waals surface area contributed by atoms with Gasteiger partial charge in [0.1, 0.15) is 0 Å². The Hall–Kier alpha value is -2.28. The van der Waals surface area contributed by atoms with Crippen molar-refractivity contribution in [2.45, 2.75) is 26.8 Å². The SMILES string of the molecule is CCN(CC(=O)Nc1ccc(OC)c(OC)c1)CC(=O)NC(C)C. The second-order valence-electron chi connectivity index (χ2n) is 5.64. The topological polar surface area (TPSA) is 79.9 Å². The minimum absolute atomic E-state index is 0.0804. The number of methoxy groups -OCH3 is 2. The van der Waals surface area contributed by atoms with Gasteiger partial charge in [0.25, 0.3) is 0 Å². The van der Waals surface area contributed by atoms with E-state index in [0.717, 1.165) is 0 Å². The molecule has 1 aromatic carbocycles. The molecule has 0 bridgehead atoms. The molecule has 134 valence electrons. The normalized spacial score (nSPS) is 10.6. The van der Waals surface area contributed by atoms with Crippen molar-refractivity contribution in [3.8, 4) is 11.5 Å². The highest BCUT2D eigenvalue weighted by Gasteiger charge is 2.14. The zero-order valence-electron chi connectivity index (χ0n) is 15.0. The van der Waals surface area contributed by atoms with Crippen LogP contribution in [0.2, 0.25) is 0 Å². The van der Waals surface area contributed by atoms with Crippen LogP contribution in [0.25, 0.3) is 0 Å². The zero-order valence-corrected chi connectivity index (χ0v) is 15.0. The number of carbonyl (C=O) groups is 2. The van der Waals surface area contributed by atoms with Crippen molar-refractivity contribution >= 4 is 17.5 Å². The molecule has 2 amide bonds. The molecule has 0 aliphatic heterocycles. The number of hydrogen-bond acceptors (Lipinski definition) is 5. The van der Waals surface area contributed by atoms with Crippen LogP contribution in [-0.4, -0.2) is 56.6 Å². The Labute approximate surface area is 143 Å². The Morgan fingerprint density at radius 3 is 2.25 bits per heavy atom. The van der Waals surface area contributed by atoms with Gasteiger partial charge in [-0.1, -0.05) is 6.92 Å². The summed E-state index contributed by atoms with van der Waals surface area (Å²) < 4.78 is 10.4. The van der Waals surface area contributed by atoms with Crippen LogP contribution >= 0.6 is 0 Å². The van der Waals surface area contributed by atoms with Gasteiger partial charge in [-0.2, -0.15) is 0 Å². The summed E-state index contributed by atoms with van der Waals surface area (Å²) in [5.41, 5.74) is 0.611. The van der Waals surface area contributed by atoms with Crippen LogP contribution in [0.4, 0.5) is 5.69 Å². The molecule has 7 heteroatoms. The van der Waals surface area contributed by atoms with E-state index in [1.807, 2.05) is 20.8 Å². The predicted molar refractivity (Wildman–Crippen MR) is 93.6 cm³/mol. The number of carbonyl (C=O) groups excluding carboxylic acids is 2. The van der Waals surface area contributed by atoms with E-state index in [-0.39, 0.29) is 30.9 Å². The first kappa shape index (κ1) is 19.8. The van der Waals surface area contributed by atoms with E-state index in [9.17, 15) is 9.59 Å². The van der Waals surface area contributed by atoms with Crippen molar-refractivity contribution < 1.29 is 19.1 Å². The van der Waals surface area contributed by atoms with E-state index >= 15 is 0 Å². The molecule has 0 aromatic heterocycles. The van der Waals surface area contributed by atoms with Crippen molar-refractivity contribution in [3.63, 3.8) is 0 Å². The van der Waals surface area contributed by atoms with Crippen LogP contribution in [0, 0.1) is 0 Å². The summed E-state index contributed by atoms with van der Waals surface area (Å²) in [6.45, 7) is 6.64. The standard InChI is InChI=1S/C17H27N3O4/c1-6-20(10-16(21)18-12(2)3)11-17(22)19-13-7-8-14(23-4)15(9-13)24-5/h7-9,12H,6,10-11H2,1-5H3,(H,18,21)(H,19,22). The van der Waals surface area contributed by atoms with Crippen molar-refractivity contribution in [2.75, 3.05) is 39.2 Å². The zero-order chi connectivity index (χ0) is 18.1. The van der Waals surface area contributed by atoms with Gasteiger partial charge in [0, 0.05) is 17.8 Å². The first-order valence-electron chi connectivity index (χ1n) is 7.93. The predicted octanol–water partition coefficient (Wildman–Crippen LogP) is 1.49. The molecule has 0 aliphatic rings. The van der Waals surface area contributed by atoms with E-state index in [0.29, 0.717) is 23.7 Å². The second-order valence-corrected chi connectivity index (χ2v) is 5.64. The lowest BCUT2D eigenvalue weighted by molar-refractivity contribution is -0.123. The van der Waals surface area contributed by atoms with Gasteiger partial charge in [0.05, 0.1) is 27.3 Å². The molecule has 0 saturated heterocycles. The van der Waals surface area contributed by atoms with Gasteiger partial charge in [-0.3, -0.25) is 14.5 Å². The Kier molecular flexibility index (Phi) is 8.05. The van der Waals surface area contributed by atoms with E-state index in [1.165, 1.54) is 7.11 Å². The second kappa shape index (κ2) is 9.77. The maximum Gasteiger partial charge on any atom is 0.238 e. The maximum absolute atomic E-state index is 12.2. The molecule has 0 aliphatic carbocycles. The van der Waals surface area contributed by atoms with Crippen molar-refractivity contribution in [3.05, 3.63) is 18.2 Å². The van der Waals surface area contributed by atoms with Gasteiger partial charge in [0.2, 0.25) is 11.8 Å². The number of ether oxygens (including phenoxy) is 2. The van der Waals surface area contributed by atoms with Gasteiger partial charge in [-0.05, 0) is 32.5 Å². The molecule has 1 aromatic rings. The largest absolute Gasteiger partial charge is 0.493 e. The average Bonchev–Trinajstić information content (AvgIpc) is 2.53. The van der Waals surface area contributed by atoms with Crippen LogP contribution in [0.1, 0.15) is 20.8 Å². The van der Waals surface area contributed by atoms with Gasteiger partial charge in [0.15, 0.2) is 11.5 Å². The van der Waals surface area contributed by atoms with Crippen LogP contribution < -0.4 is 20.1 Å². The summed E-state index contributed by atoms with van der Waals surface area (Å²) in [6, 6.07) is 5.23. The third-order valence-electron chi connectivity index (χ3n) is 3.30. The molecule has 1 rings (SSSR count). The molecule has 7 nitrogen and oxygen atoms in total. The Bertz CT molecular complexity index is 561. The molecule has 0 radical (unpaired) electrons. The molecular weight excluding hydrogens is 310 g/mol. The molecule has 0 fully saturated rings. The molecule has 0 spiro atoms. The van der Waals surface area contributed by atoms with Gasteiger partial charge < -0.3 is 20.1 Å². The Morgan fingerprint density at radius 1 is 1.08 bits per heavy atom. The molecule has 0 saturated carbocycles. The van der Waals surface area contributed by atoms with Crippen LogP contribution in [-0.2, 0) is 9.59 Å².